The van der Waals surface area contributed by atoms with E-state index in [1.165, 1.54) is 11.3 Å². The van der Waals surface area contributed by atoms with E-state index in [4.69, 9.17) is 4.74 Å². The predicted molar refractivity (Wildman–Crippen MR) is 105 cm³/mol. The topological polar surface area (TPSA) is 36.0 Å². The van der Waals surface area contributed by atoms with Gasteiger partial charge in [-0.25, -0.2) is 0 Å². The fourth-order valence-electron chi connectivity index (χ4n) is 3.28. The molecule has 5 heteroatoms. The molecule has 1 fully saturated rings. The second kappa shape index (κ2) is 8.72. The zero-order chi connectivity index (χ0) is 18.4. The van der Waals surface area contributed by atoms with Gasteiger partial charge in [0.2, 0.25) is 5.91 Å². The molecule has 0 radical (unpaired) electrons. The van der Waals surface area contributed by atoms with E-state index in [0.717, 1.165) is 38.5 Å². The van der Waals surface area contributed by atoms with Gasteiger partial charge in [-0.3, -0.25) is 9.69 Å². The number of carbonyl (C=O) groups excluding carboxylic acids is 1. The third kappa shape index (κ3) is 4.76. The van der Waals surface area contributed by atoms with Crippen molar-refractivity contribution in [2.24, 2.45) is 0 Å². The van der Waals surface area contributed by atoms with E-state index in [9.17, 15) is 4.79 Å². The summed E-state index contributed by atoms with van der Waals surface area (Å²) >= 11 is 0. The normalized spacial score (nSPS) is 14.6. The highest BCUT2D eigenvalue weighted by Crippen LogP contribution is 2.16. The van der Waals surface area contributed by atoms with Crippen LogP contribution in [0.4, 0.5) is 5.69 Å². The lowest BCUT2D eigenvalue weighted by Crippen LogP contribution is -2.51. The summed E-state index contributed by atoms with van der Waals surface area (Å²) in [5.74, 6) is 1.05. The molecule has 5 nitrogen and oxygen atoms in total. The highest BCUT2D eigenvalue weighted by molar-refractivity contribution is 5.78. The predicted octanol–water partition coefficient (Wildman–Crippen LogP) is 2.48. The lowest BCUT2D eigenvalue weighted by molar-refractivity contribution is -0.132. The zero-order valence-electron chi connectivity index (χ0n) is 15.6. The van der Waals surface area contributed by atoms with Gasteiger partial charge in [-0.15, -0.1) is 0 Å². The smallest absolute Gasteiger partial charge is 0.236 e. The van der Waals surface area contributed by atoms with Crippen LogP contribution >= 0.6 is 0 Å². The summed E-state index contributed by atoms with van der Waals surface area (Å²) in [6, 6.07) is 18.4. The van der Waals surface area contributed by atoms with Gasteiger partial charge < -0.3 is 14.5 Å². The Morgan fingerprint density at radius 2 is 1.65 bits per heavy atom. The zero-order valence-corrected chi connectivity index (χ0v) is 15.6. The van der Waals surface area contributed by atoms with Crippen LogP contribution in [0.15, 0.2) is 54.6 Å². The third-order valence-corrected chi connectivity index (χ3v) is 4.77. The van der Waals surface area contributed by atoms with Crippen molar-refractivity contribution in [2.45, 2.75) is 6.54 Å². The van der Waals surface area contributed by atoms with Gasteiger partial charge >= 0.3 is 0 Å². The number of amides is 1. The summed E-state index contributed by atoms with van der Waals surface area (Å²) < 4.78 is 5.18. The Bertz CT molecular complexity index is 695. The average molecular weight is 353 g/mol. The summed E-state index contributed by atoms with van der Waals surface area (Å²) in [7, 11) is 3.65. The van der Waals surface area contributed by atoms with Crippen molar-refractivity contribution in [3.8, 4) is 5.75 Å². The van der Waals surface area contributed by atoms with Gasteiger partial charge in [0.05, 0.1) is 13.7 Å². The summed E-state index contributed by atoms with van der Waals surface area (Å²) in [5.41, 5.74) is 2.41. The second-order valence-corrected chi connectivity index (χ2v) is 6.72. The van der Waals surface area contributed by atoms with Crippen LogP contribution in [0.2, 0.25) is 0 Å². The van der Waals surface area contributed by atoms with Gasteiger partial charge in [-0.05, 0) is 36.9 Å². The van der Waals surface area contributed by atoms with Gasteiger partial charge in [0.25, 0.3) is 0 Å². The summed E-state index contributed by atoms with van der Waals surface area (Å²) in [4.78, 5) is 19.0. The van der Waals surface area contributed by atoms with Crippen LogP contribution in [-0.2, 0) is 11.3 Å². The number of para-hydroxylation sites is 1. The van der Waals surface area contributed by atoms with Gasteiger partial charge in [0.1, 0.15) is 5.75 Å². The molecule has 0 bridgehead atoms. The van der Waals surface area contributed by atoms with Gasteiger partial charge in [-0.2, -0.15) is 0 Å². The minimum absolute atomic E-state index is 0.203. The molecule has 2 aromatic carbocycles. The number of benzene rings is 2. The largest absolute Gasteiger partial charge is 0.497 e. The number of hydrogen-bond donors (Lipinski definition) is 0. The van der Waals surface area contributed by atoms with Crippen molar-refractivity contribution >= 4 is 11.6 Å². The Morgan fingerprint density at radius 3 is 2.27 bits per heavy atom. The monoisotopic (exact) mass is 353 g/mol. The summed E-state index contributed by atoms with van der Waals surface area (Å²) in [6.45, 7) is 4.53. The number of piperazine rings is 1. The minimum atomic E-state index is 0.203. The number of methoxy groups -OCH3 is 1. The van der Waals surface area contributed by atoms with E-state index in [1.807, 2.05) is 42.3 Å². The van der Waals surface area contributed by atoms with E-state index < -0.39 is 0 Å². The van der Waals surface area contributed by atoms with Crippen molar-refractivity contribution < 1.29 is 9.53 Å². The van der Waals surface area contributed by atoms with Crippen LogP contribution in [0.1, 0.15) is 5.56 Å². The Morgan fingerprint density at radius 1 is 1.00 bits per heavy atom. The molecular formula is C21H27N3O2. The molecule has 1 saturated heterocycles. The number of nitrogens with zero attached hydrogens (tertiary/aromatic N) is 3. The average Bonchev–Trinajstić information content (AvgIpc) is 2.69. The Balaban J connectivity index is 1.46. The first kappa shape index (κ1) is 18.3. The maximum absolute atomic E-state index is 12.6. The van der Waals surface area contributed by atoms with E-state index >= 15 is 0 Å². The number of anilines is 1. The van der Waals surface area contributed by atoms with Crippen molar-refractivity contribution in [3.05, 3.63) is 60.2 Å². The van der Waals surface area contributed by atoms with Gasteiger partial charge in [-0.1, -0.05) is 30.3 Å². The SMILES string of the molecule is COc1ccc(CN(C)CC(=O)N2CCN(c3ccccc3)CC2)cc1. The molecule has 2 aromatic rings. The minimum Gasteiger partial charge on any atom is -0.497 e. The summed E-state index contributed by atoms with van der Waals surface area (Å²) in [5, 5.41) is 0. The fraction of sp³-hybridized carbons (Fsp3) is 0.381. The molecule has 26 heavy (non-hydrogen) atoms. The Labute approximate surface area is 155 Å². The lowest BCUT2D eigenvalue weighted by atomic mass is 10.2. The maximum Gasteiger partial charge on any atom is 0.236 e. The van der Waals surface area contributed by atoms with E-state index in [0.29, 0.717) is 6.54 Å². The van der Waals surface area contributed by atoms with Crippen LogP contribution in [0.5, 0.6) is 5.75 Å². The standard InChI is InChI=1S/C21H27N3O2/c1-22(16-18-8-10-20(26-2)11-9-18)17-21(25)24-14-12-23(13-15-24)19-6-4-3-5-7-19/h3-11H,12-17H2,1-2H3. The molecule has 3 rings (SSSR count). The first-order valence-electron chi connectivity index (χ1n) is 9.05. The van der Waals surface area contributed by atoms with Crippen molar-refractivity contribution in [2.75, 3.05) is 51.8 Å². The fourth-order valence-corrected chi connectivity index (χ4v) is 3.28. The first-order chi connectivity index (χ1) is 12.7. The highest BCUT2D eigenvalue weighted by Gasteiger charge is 2.22. The molecule has 1 aliphatic heterocycles. The Kier molecular flexibility index (Phi) is 6.12. The molecule has 0 unspecified atom stereocenters. The van der Waals surface area contributed by atoms with Gasteiger partial charge in [0, 0.05) is 38.4 Å². The molecule has 0 saturated carbocycles. The van der Waals surface area contributed by atoms with Gasteiger partial charge in [0.15, 0.2) is 0 Å². The van der Waals surface area contributed by atoms with Crippen LogP contribution in [0.25, 0.3) is 0 Å². The molecule has 0 aliphatic carbocycles. The van der Waals surface area contributed by atoms with E-state index in [-0.39, 0.29) is 5.91 Å². The van der Waals surface area contributed by atoms with Crippen LogP contribution in [0, 0.1) is 0 Å². The molecule has 1 amide bonds. The number of carbonyl (C=O) groups is 1. The van der Waals surface area contributed by atoms with E-state index in [1.54, 1.807) is 7.11 Å². The quantitative estimate of drug-likeness (QED) is 0.799. The van der Waals surface area contributed by atoms with Crippen molar-refractivity contribution in [3.63, 3.8) is 0 Å². The lowest BCUT2D eigenvalue weighted by Gasteiger charge is -2.36. The Hall–Kier alpha value is -2.53. The molecular weight excluding hydrogens is 326 g/mol. The van der Waals surface area contributed by atoms with Crippen LogP contribution in [0.3, 0.4) is 0 Å². The molecule has 0 atom stereocenters. The maximum atomic E-state index is 12.6. The van der Waals surface area contributed by atoms with Crippen LogP contribution < -0.4 is 9.64 Å². The number of likely N-dealkylation sites (N-methyl/N-ethyl adjacent to an activating group) is 1. The molecule has 0 spiro atoms. The number of rotatable bonds is 6. The molecule has 0 aromatic heterocycles. The molecule has 1 aliphatic rings. The number of ether oxygens (including phenoxy) is 1. The molecule has 0 N–H and O–H groups in total. The first-order valence-corrected chi connectivity index (χ1v) is 9.05. The summed E-state index contributed by atoms with van der Waals surface area (Å²) in [6.07, 6.45) is 0. The molecule has 1 heterocycles. The molecule has 138 valence electrons. The van der Waals surface area contributed by atoms with Crippen molar-refractivity contribution in [1.29, 1.82) is 0 Å². The van der Waals surface area contributed by atoms with E-state index in [2.05, 4.69) is 34.1 Å². The van der Waals surface area contributed by atoms with Crippen molar-refractivity contribution in [1.82, 2.24) is 9.80 Å². The second-order valence-electron chi connectivity index (χ2n) is 6.72. The number of hydrogen-bond acceptors (Lipinski definition) is 4. The third-order valence-electron chi connectivity index (χ3n) is 4.77. The highest BCUT2D eigenvalue weighted by atomic mass is 16.5. The van der Waals surface area contributed by atoms with Crippen LogP contribution in [-0.4, -0.2) is 62.6 Å².